The lowest BCUT2D eigenvalue weighted by atomic mass is 9.93. The number of benzene rings is 1. The lowest BCUT2D eigenvalue weighted by Gasteiger charge is -2.42. The predicted octanol–water partition coefficient (Wildman–Crippen LogP) is 3.55. The van der Waals surface area contributed by atoms with Crippen LogP contribution < -0.4 is 10.5 Å². The molecule has 5 heteroatoms. The maximum Gasteiger partial charge on any atom is 0.387 e. The molecule has 118 valence electrons. The van der Waals surface area contributed by atoms with Crippen LogP contribution in [0, 0.1) is 0 Å². The Morgan fingerprint density at radius 2 is 2.05 bits per heavy atom. The first-order valence-electron chi connectivity index (χ1n) is 7.55. The molecule has 1 heterocycles. The normalized spacial score (nSPS) is 23.0. The Morgan fingerprint density at radius 1 is 1.29 bits per heavy atom. The van der Waals surface area contributed by atoms with Crippen molar-refractivity contribution >= 4 is 0 Å². The minimum atomic E-state index is -2.79. The molecule has 0 aromatic heterocycles. The van der Waals surface area contributed by atoms with Gasteiger partial charge in [0.25, 0.3) is 0 Å². The summed E-state index contributed by atoms with van der Waals surface area (Å²) in [4.78, 5) is 2.38. The zero-order valence-electron chi connectivity index (χ0n) is 12.6. The number of likely N-dealkylation sites (tertiary alicyclic amines) is 1. The van der Waals surface area contributed by atoms with E-state index in [4.69, 9.17) is 5.73 Å². The lowest BCUT2D eigenvalue weighted by Crippen LogP contribution is -2.49. The number of alkyl halides is 2. The summed E-state index contributed by atoms with van der Waals surface area (Å²) in [5.74, 6) is 0.212. The quantitative estimate of drug-likeness (QED) is 0.903. The van der Waals surface area contributed by atoms with Gasteiger partial charge in [-0.3, -0.25) is 4.90 Å². The van der Waals surface area contributed by atoms with Crippen LogP contribution in [0.15, 0.2) is 24.3 Å². The van der Waals surface area contributed by atoms with Crippen LogP contribution in [-0.4, -0.2) is 30.1 Å². The van der Waals surface area contributed by atoms with E-state index >= 15 is 0 Å². The molecule has 1 fully saturated rings. The van der Waals surface area contributed by atoms with E-state index in [9.17, 15) is 8.78 Å². The van der Waals surface area contributed by atoms with Crippen LogP contribution >= 0.6 is 0 Å². The summed E-state index contributed by atoms with van der Waals surface area (Å²) in [7, 11) is 0. The van der Waals surface area contributed by atoms with E-state index in [1.165, 1.54) is 6.42 Å². The van der Waals surface area contributed by atoms with Gasteiger partial charge in [0.15, 0.2) is 0 Å². The maximum absolute atomic E-state index is 12.3. The van der Waals surface area contributed by atoms with Crippen LogP contribution in [-0.2, 0) is 0 Å². The fourth-order valence-electron chi connectivity index (χ4n) is 3.17. The summed E-state index contributed by atoms with van der Waals surface area (Å²) in [5, 5.41) is 0. The molecule has 1 aromatic carbocycles. The SMILES string of the molecule is CC(N)C1CCCCN1C(C)c1cccc(OC(F)F)c1. The summed E-state index contributed by atoms with van der Waals surface area (Å²) in [5.41, 5.74) is 7.09. The summed E-state index contributed by atoms with van der Waals surface area (Å²) in [6.45, 7) is 2.34. The highest BCUT2D eigenvalue weighted by molar-refractivity contribution is 5.30. The monoisotopic (exact) mass is 298 g/mol. The van der Waals surface area contributed by atoms with E-state index < -0.39 is 6.61 Å². The van der Waals surface area contributed by atoms with Crippen molar-refractivity contribution in [2.45, 2.75) is 57.8 Å². The molecule has 1 aliphatic heterocycles. The average molecular weight is 298 g/mol. The fraction of sp³-hybridized carbons (Fsp3) is 0.625. The Morgan fingerprint density at radius 3 is 2.71 bits per heavy atom. The molecular weight excluding hydrogens is 274 g/mol. The zero-order valence-corrected chi connectivity index (χ0v) is 12.6. The molecule has 21 heavy (non-hydrogen) atoms. The fourth-order valence-corrected chi connectivity index (χ4v) is 3.17. The van der Waals surface area contributed by atoms with Gasteiger partial charge in [-0.25, -0.2) is 0 Å². The highest BCUT2D eigenvalue weighted by Gasteiger charge is 2.29. The molecular formula is C16H24F2N2O. The van der Waals surface area contributed by atoms with Crippen molar-refractivity contribution in [3.63, 3.8) is 0 Å². The van der Waals surface area contributed by atoms with Gasteiger partial charge in [-0.1, -0.05) is 18.6 Å². The Hall–Kier alpha value is -1.20. The second kappa shape index (κ2) is 7.18. The third-order valence-corrected chi connectivity index (χ3v) is 4.26. The topological polar surface area (TPSA) is 38.5 Å². The summed E-state index contributed by atoms with van der Waals surface area (Å²) < 4.78 is 29.1. The highest BCUT2D eigenvalue weighted by atomic mass is 19.3. The van der Waals surface area contributed by atoms with Gasteiger partial charge in [0.1, 0.15) is 5.75 Å². The summed E-state index contributed by atoms with van der Waals surface area (Å²) in [6.07, 6.45) is 3.44. The van der Waals surface area contributed by atoms with E-state index in [2.05, 4.69) is 16.6 Å². The molecule has 1 aliphatic rings. The standard InChI is InChI=1S/C16H24F2N2O/c1-11(19)15-8-3-4-9-20(15)12(2)13-6-5-7-14(10-13)21-16(17)18/h5-7,10-12,15-16H,3-4,8-9,19H2,1-2H3. The third-order valence-electron chi connectivity index (χ3n) is 4.26. The molecule has 2 rings (SSSR count). The number of rotatable bonds is 5. The van der Waals surface area contributed by atoms with Crippen molar-refractivity contribution < 1.29 is 13.5 Å². The van der Waals surface area contributed by atoms with Crippen molar-refractivity contribution in [1.29, 1.82) is 0 Å². The van der Waals surface area contributed by atoms with Crippen molar-refractivity contribution in [1.82, 2.24) is 4.90 Å². The van der Waals surface area contributed by atoms with Gasteiger partial charge in [0.05, 0.1) is 0 Å². The van der Waals surface area contributed by atoms with E-state index in [0.29, 0.717) is 6.04 Å². The first-order valence-corrected chi connectivity index (χ1v) is 7.55. The molecule has 0 radical (unpaired) electrons. The van der Waals surface area contributed by atoms with Gasteiger partial charge in [-0.05, 0) is 50.9 Å². The Kier molecular flexibility index (Phi) is 5.53. The van der Waals surface area contributed by atoms with Gasteiger partial charge >= 0.3 is 6.61 Å². The molecule has 1 saturated heterocycles. The average Bonchev–Trinajstić information content (AvgIpc) is 2.46. The number of nitrogens with two attached hydrogens (primary N) is 1. The van der Waals surface area contributed by atoms with E-state index in [1.54, 1.807) is 18.2 Å². The molecule has 3 unspecified atom stereocenters. The Labute approximate surface area is 125 Å². The van der Waals surface area contributed by atoms with Gasteiger partial charge < -0.3 is 10.5 Å². The van der Waals surface area contributed by atoms with Crippen molar-refractivity contribution in [2.24, 2.45) is 5.73 Å². The molecule has 0 amide bonds. The summed E-state index contributed by atoms with van der Waals surface area (Å²) >= 11 is 0. The summed E-state index contributed by atoms with van der Waals surface area (Å²) in [6, 6.07) is 7.55. The second-order valence-corrected chi connectivity index (χ2v) is 5.79. The van der Waals surface area contributed by atoms with Crippen LogP contribution in [0.2, 0.25) is 0 Å². The predicted molar refractivity (Wildman–Crippen MR) is 79.5 cm³/mol. The largest absolute Gasteiger partial charge is 0.435 e. The number of piperidine rings is 1. The maximum atomic E-state index is 12.3. The highest BCUT2D eigenvalue weighted by Crippen LogP contribution is 2.31. The number of halogens is 2. The molecule has 1 aromatic rings. The van der Waals surface area contributed by atoms with Crippen molar-refractivity contribution in [3.05, 3.63) is 29.8 Å². The minimum absolute atomic E-state index is 0.105. The van der Waals surface area contributed by atoms with Crippen LogP contribution in [0.4, 0.5) is 8.78 Å². The van der Waals surface area contributed by atoms with Gasteiger partial charge in [0, 0.05) is 18.1 Å². The van der Waals surface area contributed by atoms with E-state index in [0.717, 1.165) is 24.9 Å². The van der Waals surface area contributed by atoms with Gasteiger partial charge in [-0.2, -0.15) is 8.78 Å². The van der Waals surface area contributed by atoms with Gasteiger partial charge in [0.2, 0.25) is 0 Å². The van der Waals surface area contributed by atoms with Gasteiger partial charge in [-0.15, -0.1) is 0 Å². The third kappa shape index (κ3) is 4.14. The van der Waals surface area contributed by atoms with Crippen molar-refractivity contribution in [3.8, 4) is 5.75 Å². The number of nitrogens with zero attached hydrogens (tertiary/aromatic N) is 1. The number of hydrogen-bond donors (Lipinski definition) is 1. The first kappa shape index (κ1) is 16.2. The second-order valence-electron chi connectivity index (χ2n) is 5.79. The smallest absolute Gasteiger partial charge is 0.387 e. The molecule has 0 aliphatic carbocycles. The first-order chi connectivity index (χ1) is 9.99. The number of hydrogen-bond acceptors (Lipinski definition) is 3. The molecule has 2 N–H and O–H groups in total. The van der Waals surface area contributed by atoms with Crippen LogP contribution in [0.25, 0.3) is 0 Å². The van der Waals surface area contributed by atoms with E-state index in [-0.39, 0.29) is 17.8 Å². The molecule has 0 saturated carbocycles. The molecule has 3 atom stereocenters. The van der Waals surface area contributed by atoms with E-state index in [1.807, 2.05) is 13.0 Å². The Bertz CT molecular complexity index is 454. The van der Waals surface area contributed by atoms with Crippen molar-refractivity contribution in [2.75, 3.05) is 6.54 Å². The van der Waals surface area contributed by atoms with Crippen LogP contribution in [0.5, 0.6) is 5.75 Å². The molecule has 3 nitrogen and oxygen atoms in total. The number of ether oxygens (including phenoxy) is 1. The minimum Gasteiger partial charge on any atom is -0.435 e. The molecule has 0 spiro atoms. The lowest BCUT2D eigenvalue weighted by molar-refractivity contribution is -0.0499. The zero-order chi connectivity index (χ0) is 15.4. The molecule has 0 bridgehead atoms. The van der Waals surface area contributed by atoms with Crippen LogP contribution in [0.1, 0.15) is 44.7 Å². The van der Waals surface area contributed by atoms with Crippen LogP contribution in [0.3, 0.4) is 0 Å². The Balaban J connectivity index is 2.15.